The van der Waals surface area contributed by atoms with E-state index in [4.69, 9.17) is 0 Å². The molecule has 20 heavy (non-hydrogen) atoms. The van der Waals surface area contributed by atoms with E-state index < -0.39 is 0 Å². The average molecular weight is 351 g/mol. The van der Waals surface area contributed by atoms with Crippen LogP contribution in [-0.4, -0.2) is 15.3 Å². The molecule has 0 saturated carbocycles. The zero-order chi connectivity index (χ0) is 14.5. The summed E-state index contributed by atoms with van der Waals surface area (Å²) in [5.74, 6) is 6.50. The van der Waals surface area contributed by atoms with E-state index in [9.17, 15) is 4.79 Å². The third kappa shape index (κ3) is 3.25. The summed E-state index contributed by atoms with van der Waals surface area (Å²) in [6, 6.07) is 5.60. The number of nitrogens with zero attached hydrogens (tertiary/aromatic N) is 2. The van der Waals surface area contributed by atoms with E-state index in [1.807, 2.05) is 25.1 Å². The van der Waals surface area contributed by atoms with E-state index in [-0.39, 0.29) is 5.56 Å². The van der Waals surface area contributed by atoms with E-state index >= 15 is 0 Å². The van der Waals surface area contributed by atoms with Crippen molar-refractivity contribution in [2.45, 2.75) is 32.0 Å². The van der Waals surface area contributed by atoms with Crippen LogP contribution in [-0.2, 0) is 6.54 Å². The lowest BCUT2D eigenvalue weighted by molar-refractivity contribution is 0.585. The highest BCUT2D eigenvalue weighted by Gasteiger charge is 2.10. The molecule has 2 rings (SSSR count). The largest absolute Gasteiger partial charge is 0.287 e. The van der Waals surface area contributed by atoms with Gasteiger partial charge in [-0.25, -0.2) is 4.98 Å². The normalized spacial score (nSPS) is 10.3. The quantitative estimate of drug-likeness (QED) is 0.479. The van der Waals surface area contributed by atoms with Crippen LogP contribution in [0.5, 0.6) is 0 Å². The number of rotatable bonds is 4. The van der Waals surface area contributed by atoms with Crippen LogP contribution in [0.2, 0.25) is 0 Å². The van der Waals surface area contributed by atoms with Gasteiger partial charge in [-0.2, -0.15) is 0 Å². The van der Waals surface area contributed by atoms with Crippen molar-refractivity contribution in [1.82, 2.24) is 9.55 Å². The summed E-state index contributed by atoms with van der Waals surface area (Å²) in [4.78, 5) is 17.2. The fraction of sp³-hybridized carbons (Fsp3) is 0.333. The molecule has 0 radical (unpaired) electrons. The average Bonchev–Trinajstić information content (AvgIpc) is 2.44. The Morgan fingerprint density at radius 1 is 1.45 bits per heavy atom. The molecule has 3 nitrogen and oxygen atoms in total. The number of aromatic nitrogens is 2. The number of hydrogen-bond donors (Lipinski definition) is 0. The molecule has 0 aliphatic rings. The smallest absolute Gasteiger partial charge is 0.262 e. The molecule has 0 N–H and O–H groups in total. The van der Waals surface area contributed by atoms with Gasteiger partial charge in [-0.15, -0.1) is 5.92 Å². The second kappa shape index (κ2) is 6.96. The van der Waals surface area contributed by atoms with Crippen molar-refractivity contribution < 1.29 is 0 Å². The minimum atomic E-state index is 0.0186. The predicted octanol–water partition coefficient (Wildman–Crippen LogP) is 3.68. The number of halogens is 1. The fourth-order valence-electron chi connectivity index (χ4n) is 1.88. The van der Waals surface area contributed by atoms with Crippen LogP contribution in [0.3, 0.4) is 0 Å². The van der Waals surface area contributed by atoms with Crippen LogP contribution in [0.1, 0.15) is 20.3 Å². The van der Waals surface area contributed by atoms with Crippen LogP contribution in [0.15, 0.2) is 32.6 Å². The molecule has 5 heteroatoms. The Hall–Kier alpha value is -1.25. The molecule has 0 amide bonds. The van der Waals surface area contributed by atoms with E-state index in [2.05, 4.69) is 39.7 Å². The van der Waals surface area contributed by atoms with E-state index in [0.717, 1.165) is 21.6 Å². The molecule has 2 aromatic rings. The Balaban J connectivity index is 2.59. The highest BCUT2D eigenvalue weighted by atomic mass is 79.9. The molecule has 1 heterocycles. The molecule has 0 aliphatic carbocycles. The summed E-state index contributed by atoms with van der Waals surface area (Å²) in [6.07, 6.45) is 0.897. The Labute approximate surface area is 130 Å². The van der Waals surface area contributed by atoms with Gasteiger partial charge in [-0.1, -0.05) is 40.5 Å². The first kappa shape index (κ1) is 15.1. The van der Waals surface area contributed by atoms with Crippen molar-refractivity contribution in [1.29, 1.82) is 0 Å². The van der Waals surface area contributed by atoms with Crippen LogP contribution >= 0.6 is 27.7 Å². The van der Waals surface area contributed by atoms with Crippen molar-refractivity contribution in [3.8, 4) is 11.8 Å². The minimum Gasteiger partial charge on any atom is -0.287 e. The number of benzene rings is 1. The Morgan fingerprint density at radius 3 is 2.95 bits per heavy atom. The lowest BCUT2D eigenvalue weighted by Crippen LogP contribution is -2.23. The highest BCUT2D eigenvalue weighted by molar-refractivity contribution is 9.10. The van der Waals surface area contributed by atoms with Gasteiger partial charge < -0.3 is 0 Å². The standard InChI is InChI=1S/C15H15BrN2OS/c1-3-5-9-20-15-17-13-7-6-11(16)10-12(13)14(19)18(15)8-4-2/h6-7,10H,4,8-9H2,1-2H3. The zero-order valence-electron chi connectivity index (χ0n) is 11.4. The Kier molecular flexibility index (Phi) is 5.27. The first-order valence-corrected chi connectivity index (χ1v) is 8.17. The lowest BCUT2D eigenvalue weighted by Gasteiger charge is -2.11. The molecule has 0 unspecified atom stereocenters. The third-order valence-corrected chi connectivity index (χ3v) is 4.13. The summed E-state index contributed by atoms with van der Waals surface area (Å²) < 4.78 is 2.64. The van der Waals surface area contributed by atoms with Crippen molar-refractivity contribution in [3.05, 3.63) is 33.0 Å². The van der Waals surface area contributed by atoms with Gasteiger partial charge >= 0.3 is 0 Å². The molecular weight excluding hydrogens is 336 g/mol. The minimum absolute atomic E-state index is 0.0186. The van der Waals surface area contributed by atoms with Gasteiger partial charge in [0.2, 0.25) is 0 Å². The van der Waals surface area contributed by atoms with Gasteiger partial charge in [-0.3, -0.25) is 9.36 Å². The Morgan fingerprint density at radius 2 is 2.25 bits per heavy atom. The van der Waals surface area contributed by atoms with E-state index in [1.54, 1.807) is 4.57 Å². The summed E-state index contributed by atoms with van der Waals surface area (Å²) in [7, 11) is 0. The van der Waals surface area contributed by atoms with E-state index in [0.29, 0.717) is 17.7 Å². The first-order valence-electron chi connectivity index (χ1n) is 6.40. The molecule has 104 valence electrons. The molecule has 0 atom stereocenters. The summed E-state index contributed by atoms with van der Waals surface area (Å²) in [6.45, 7) is 4.54. The van der Waals surface area contributed by atoms with Crippen LogP contribution < -0.4 is 5.56 Å². The Bertz CT molecular complexity index is 743. The molecule has 0 bridgehead atoms. The maximum atomic E-state index is 12.6. The third-order valence-electron chi connectivity index (χ3n) is 2.78. The maximum absolute atomic E-state index is 12.6. The fourth-order valence-corrected chi connectivity index (χ4v) is 3.08. The zero-order valence-corrected chi connectivity index (χ0v) is 13.8. The number of thioether (sulfide) groups is 1. The lowest BCUT2D eigenvalue weighted by atomic mass is 10.2. The topological polar surface area (TPSA) is 34.9 Å². The van der Waals surface area contributed by atoms with Crippen LogP contribution in [0, 0.1) is 11.8 Å². The van der Waals surface area contributed by atoms with Crippen LogP contribution in [0.25, 0.3) is 10.9 Å². The van der Waals surface area contributed by atoms with Crippen molar-refractivity contribution >= 4 is 38.6 Å². The first-order chi connectivity index (χ1) is 9.67. The van der Waals surface area contributed by atoms with Gasteiger partial charge in [0.1, 0.15) is 0 Å². The van der Waals surface area contributed by atoms with Gasteiger partial charge in [0, 0.05) is 11.0 Å². The summed E-state index contributed by atoms with van der Waals surface area (Å²) in [5, 5.41) is 1.40. The molecule has 0 aliphatic heterocycles. The number of fused-ring (bicyclic) bond motifs is 1. The van der Waals surface area contributed by atoms with Crippen molar-refractivity contribution in [2.75, 3.05) is 5.75 Å². The van der Waals surface area contributed by atoms with Crippen LogP contribution in [0.4, 0.5) is 0 Å². The van der Waals surface area contributed by atoms with Gasteiger partial charge in [-0.05, 0) is 31.5 Å². The summed E-state index contributed by atoms with van der Waals surface area (Å²) >= 11 is 4.91. The molecular formula is C15H15BrN2OS. The molecule has 0 spiro atoms. The van der Waals surface area contributed by atoms with Crippen molar-refractivity contribution in [2.24, 2.45) is 0 Å². The predicted molar refractivity (Wildman–Crippen MR) is 88.2 cm³/mol. The monoisotopic (exact) mass is 350 g/mol. The second-order valence-corrected chi connectivity index (χ2v) is 6.09. The molecule has 0 saturated heterocycles. The van der Waals surface area contributed by atoms with Gasteiger partial charge in [0.05, 0.1) is 16.7 Å². The molecule has 1 aromatic heterocycles. The van der Waals surface area contributed by atoms with Crippen molar-refractivity contribution in [3.63, 3.8) is 0 Å². The number of hydrogen-bond acceptors (Lipinski definition) is 3. The molecule has 0 fully saturated rings. The second-order valence-electron chi connectivity index (χ2n) is 4.23. The molecule has 1 aromatic carbocycles. The highest BCUT2D eigenvalue weighted by Crippen LogP contribution is 2.20. The van der Waals surface area contributed by atoms with E-state index in [1.165, 1.54) is 11.8 Å². The summed E-state index contributed by atoms with van der Waals surface area (Å²) in [5.41, 5.74) is 0.752. The maximum Gasteiger partial charge on any atom is 0.262 e. The van der Waals surface area contributed by atoms with Gasteiger partial charge in [0.15, 0.2) is 5.16 Å². The van der Waals surface area contributed by atoms with Gasteiger partial charge in [0.25, 0.3) is 5.56 Å². The SMILES string of the molecule is CC#CCSc1nc2ccc(Br)cc2c(=O)n1CCC.